The molecule has 2 aliphatic rings. The van der Waals surface area contributed by atoms with Crippen LogP contribution in [-0.4, -0.2) is 30.1 Å². The zero-order valence-corrected chi connectivity index (χ0v) is 13.5. The summed E-state index contributed by atoms with van der Waals surface area (Å²) in [5, 5.41) is 3.12. The van der Waals surface area contributed by atoms with E-state index in [1.165, 1.54) is 23.1 Å². The number of benzene rings is 2. The van der Waals surface area contributed by atoms with Crippen molar-refractivity contribution in [3.63, 3.8) is 0 Å². The predicted octanol–water partition coefficient (Wildman–Crippen LogP) is 3.71. The normalized spacial score (nSPS) is 22.6. The smallest absolute Gasteiger partial charge is 0.257 e. The molecule has 6 heteroatoms. The van der Waals surface area contributed by atoms with Gasteiger partial charge in [-0.3, -0.25) is 4.79 Å². The van der Waals surface area contributed by atoms with E-state index in [2.05, 4.69) is 5.32 Å². The van der Waals surface area contributed by atoms with Gasteiger partial charge in [-0.2, -0.15) is 0 Å². The van der Waals surface area contributed by atoms with E-state index < -0.39 is 17.8 Å². The van der Waals surface area contributed by atoms with Crippen LogP contribution in [0.5, 0.6) is 0 Å². The summed E-state index contributed by atoms with van der Waals surface area (Å²) in [5.41, 5.74) is 0.917. The number of nitrogens with zero attached hydrogens (tertiary/aromatic N) is 1. The van der Waals surface area contributed by atoms with Crippen LogP contribution in [0.4, 0.5) is 14.5 Å². The summed E-state index contributed by atoms with van der Waals surface area (Å²) in [6, 6.07) is 10.7. The van der Waals surface area contributed by atoms with Gasteiger partial charge >= 0.3 is 0 Å². The molecule has 1 N–H and O–H groups in total. The minimum atomic E-state index is -0.909. The van der Waals surface area contributed by atoms with Crippen molar-refractivity contribution in [2.45, 2.75) is 25.1 Å². The topological polar surface area (TPSA) is 41.6 Å². The summed E-state index contributed by atoms with van der Waals surface area (Å²) < 4.78 is 34.4. The third-order valence-electron chi connectivity index (χ3n) is 4.72. The summed E-state index contributed by atoms with van der Waals surface area (Å²) in [5.74, 6) is -1.61. The lowest BCUT2D eigenvalue weighted by Crippen LogP contribution is -2.47. The average Bonchev–Trinajstić information content (AvgIpc) is 3.11. The Morgan fingerprint density at radius 3 is 2.60 bits per heavy atom. The molecule has 0 saturated carbocycles. The summed E-state index contributed by atoms with van der Waals surface area (Å²) >= 11 is 0. The first-order valence-electron chi connectivity index (χ1n) is 8.37. The largest absolute Gasteiger partial charge is 0.376 e. The highest BCUT2D eigenvalue weighted by Gasteiger charge is 2.37. The van der Waals surface area contributed by atoms with Crippen molar-refractivity contribution in [1.82, 2.24) is 4.90 Å². The van der Waals surface area contributed by atoms with E-state index in [1.54, 1.807) is 24.3 Å². The van der Waals surface area contributed by atoms with Crippen molar-refractivity contribution in [2.75, 3.05) is 18.5 Å². The van der Waals surface area contributed by atoms with Gasteiger partial charge in [-0.05, 0) is 37.1 Å². The van der Waals surface area contributed by atoms with Crippen molar-refractivity contribution in [2.24, 2.45) is 0 Å². The van der Waals surface area contributed by atoms with E-state index in [0.29, 0.717) is 24.4 Å². The maximum atomic E-state index is 14.4. The quantitative estimate of drug-likeness (QED) is 0.923. The lowest BCUT2D eigenvalue weighted by atomic mass is 10.0. The summed E-state index contributed by atoms with van der Waals surface area (Å²) in [6.45, 7) is 0.939. The van der Waals surface area contributed by atoms with Crippen molar-refractivity contribution >= 4 is 11.6 Å². The molecule has 2 aliphatic heterocycles. The average molecular weight is 344 g/mol. The first-order chi connectivity index (χ1) is 12.1. The van der Waals surface area contributed by atoms with E-state index in [9.17, 15) is 13.6 Å². The Hall–Kier alpha value is -2.47. The van der Waals surface area contributed by atoms with Gasteiger partial charge in [0.15, 0.2) is 0 Å². The van der Waals surface area contributed by atoms with E-state index >= 15 is 0 Å². The van der Waals surface area contributed by atoms with Gasteiger partial charge in [0.05, 0.1) is 17.2 Å². The highest BCUT2D eigenvalue weighted by Crippen LogP contribution is 2.35. The summed E-state index contributed by atoms with van der Waals surface area (Å²) in [4.78, 5) is 14.5. The Labute approximate surface area is 144 Å². The molecule has 25 heavy (non-hydrogen) atoms. The molecule has 0 bridgehead atoms. The number of ether oxygens (including phenoxy) is 1. The van der Waals surface area contributed by atoms with Gasteiger partial charge in [0.25, 0.3) is 5.91 Å². The number of hydrogen-bond acceptors (Lipinski definition) is 3. The number of carbonyl (C=O) groups is 1. The van der Waals surface area contributed by atoms with E-state index in [1.807, 2.05) is 0 Å². The molecule has 4 nitrogen and oxygen atoms in total. The molecule has 0 spiro atoms. The first kappa shape index (κ1) is 16.0. The summed E-state index contributed by atoms with van der Waals surface area (Å²) in [6.07, 6.45) is 0.731. The third-order valence-corrected chi connectivity index (χ3v) is 4.72. The minimum Gasteiger partial charge on any atom is -0.376 e. The van der Waals surface area contributed by atoms with Crippen LogP contribution >= 0.6 is 0 Å². The molecule has 1 amide bonds. The van der Waals surface area contributed by atoms with Crippen LogP contribution in [-0.2, 0) is 4.74 Å². The molecular formula is C19H18F2N2O2. The Kier molecular flexibility index (Phi) is 4.13. The van der Waals surface area contributed by atoms with Crippen LogP contribution in [0.15, 0.2) is 42.5 Å². The van der Waals surface area contributed by atoms with Crippen molar-refractivity contribution in [3.05, 3.63) is 65.2 Å². The Bertz CT molecular complexity index is 786. The van der Waals surface area contributed by atoms with Crippen molar-refractivity contribution in [1.29, 1.82) is 0 Å². The van der Waals surface area contributed by atoms with Crippen molar-refractivity contribution < 1.29 is 18.3 Å². The molecule has 0 radical (unpaired) electrons. The Morgan fingerprint density at radius 1 is 1.12 bits per heavy atom. The third kappa shape index (κ3) is 2.87. The fraction of sp³-hybridized carbons (Fsp3) is 0.316. The lowest BCUT2D eigenvalue weighted by Gasteiger charge is -2.39. The number of carbonyl (C=O) groups excluding carboxylic acids is 1. The maximum absolute atomic E-state index is 14.4. The fourth-order valence-corrected chi connectivity index (χ4v) is 3.49. The van der Waals surface area contributed by atoms with E-state index in [-0.39, 0.29) is 17.6 Å². The Balaban J connectivity index is 1.77. The van der Waals surface area contributed by atoms with Gasteiger partial charge < -0.3 is 15.0 Å². The van der Waals surface area contributed by atoms with E-state index in [0.717, 1.165) is 12.8 Å². The molecular weight excluding hydrogens is 326 g/mol. The summed E-state index contributed by atoms with van der Waals surface area (Å²) in [7, 11) is 0. The molecule has 1 saturated heterocycles. The number of halogens is 2. The van der Waals surface area contributed by atoms with Crippen LogP contribution in [0.3, 0.4) is 0 Å². The lowest BCUT2D eigenvalue weighted by molar-refractivity contribution is 0.0419. The monoisotopic (exact) mass is 344 g/mol. The van der Waals surface area contributed by atoms with Gasteiger partial charge in [-0.1, -0.05) is 18.2 Å². The molecule has 4 rings (SSSR count). The zero-order chi connectivity index (χ0) is 17.4. The number of rotatable bonds is 3. The molecule has 130 valence electrons. The standard InChI is InChI=1S/C19H18F2N2O2/c20-14-7-3-8-15(21)17(14)18-22-16-9-2-1-6-13(16)19(24)23(18)11-12-5-4-10-25-12/h1-3,6-9,12,18,22H,4-5,10-11H2/t12-,18-/m0/s1. The molecule has 0 unspecified atom stereocenters. The van der Waals surface area contributed by atoms with Crippen LogP contribution in [0.1, 0.15) is 34.9 Å². The minimum absolute atomic E-state index is 0.117. The van der Waals surface area contributed by atoms with E-state index in [4.69, 9.17) is 4.74 Å². The molecule has 2 atom stereocenters. The molecule has 0 aromatic heterocycles. The van der Waals surface area contributed by atoms with Gasteiger partial charge in [-0.15, -0.1) is 0 Å². The van der Waals surface area contributed by atoms with Crippen molar-refractivity contribution in [3.8, 4) is 0 Å². The van der Waals surface area contributed by atoms with Gasteiger partial charge in [0.2, 0.25) is 0 Å². The number of fused-ring (bicyclic) bond motifs is 1. The SMILES string of the molecule is O=C1c2ccccc2N[C@H](c2c(F)cccc2F)N1C[C@@H]1CCCO1. The number of amides is 1. The highest BCUT2D eigenvalue weighted by molar-refractivity contribution is 6.01. The van der Waals surface area contributed by atoms with Crippen LogP contribution in [0, 0.1) is 11.6 Å². The molecule has 2 heterocycles. The second-order valence-corrected chi connectivity index (χ2v) is 6.32. The van der Waals surface area contributed by atoms with Crippen LogP contribution in [0.25, 0.3) is 0 Å². The van der Waals surface area contributed by atoms with Gasteiger partial charge in [0, 0.05) is 18.8 Å². The second-order valence-electron chi connectivity index (χ2n) is 6.32. The van der Waals surface area contributed by atoms with Crippen LogP contribution < -0.4 is 5.32 Å². The highest BCUT2D eigenvalue weighted by atomic mass is 19.1. The maximum Gasteiger partial charge on any atom is 0.257 e. The number of para-hydroxylation sites is 1. The predicted molar refractivity (Wildman–Crippen MR) is 89.2 cm³/mol. The Morgan fingerprint density at radius 2 is 1.88 bits per heavy atom. The molecule has 2 aromatic rings. The zero-order valence-electron chi connectivity index (χ0n) is 13.5. The van der Waals surface area contributed by atoms with Crippen LogP contribution in [0.2, 0.25) is 0 Å². The number of nitrogens with one attached hydrogen (secondary N) is 1. The van der Waals surface area contributed by atoms with Gasteiger partial charge in [-0.25, -0.2) is 8.78 Å². The molecule has 1 fully saturated rings. The first-order valence-corrected chi connectivity index (χ1v) is 8.37. The molecule has 0 aliphatic carbocycles. The number of hydrogen-bond donors (Lipinski definition) is 1. The number of anilines is 1. The van der Waals surface area contributed by atoms with Gasteiger partial charge in [0.1, 0.15) is 17.8 Å². The molecule has 2 aromatic carbocycles. The fourth-order valence-electron chi connectivity index (χ4n) is 3.49. The second kappa shape index (κ2) is 6.44.